The Morgan fingerprint density at radius 1 is 1.00 bits per heavy atom. The Bertz CT molecular complexity index is 1180. The maximum atomic E-state index is 13.1. The molecule has 31 heavy (non-hydrogen) atoms. The van der Waals surface area contributed by atoms with Crippen molar-refractivity contribution < 1.29 is 14.3 Å². The molecule has 0 fully saturated rings. The van der Waals surface area contributed by atoms with Gasteiger partial charge in [-0.05, 0) is 36.4 Å². The summed E-state index contributed by atoms with van der Waals surface area (Å²) >= 11 is 0. The Hall–Kier alpha value is -4.20. The van der Waals surface area contributed by atoms with Gasteiger partial charge in [-0.1, -0.05) is 23.4 Å². The van der Waals surface area contributed by atoms with Gasteiger partial charge in [-0.2, -0.15) is 0 Å². The van der Waals surface area contributed by atoms with Crippen molar-refractivity contribution in [2.75, 3.05) is 14.2 Å². The van der Waals surface area contributed by atoms with Crippen LogP contribution in [-0.4, -0.2) is 40.1 Å². The quantitative estimate of drug-likeness (QED) is 0.498. The van der Waals surface area contributed by atoms with Crippen LogP contribution in [0, 0.1) is 0 Å². The molecule has 0 atom stereocenters. The summed E-state index contributed by atoms with van der Waals surface area (Å²) < 4.78 is 12.3. The van der Waals surface area contributed by atoms with Crippen molar-refractivity contribution in [1.29, 1.82) is 0 Å². The molecule has 0 aliphatic heterocycles. The van der Waals surface area contributed by atoms with Crippen molar-refractivity contribution in [2.45, 2.75) is 6.54 Å². The van der Waals surface area contributed by atoms with Gasteiger partial charge >= 0.3 is 0 Å². The second kappa shape index (κ2) is 9.08. The number of nitrogens with zero attached hydrogens (tertiary/aromatic N) is 4. The molecule has 1 amide bonds. The second-order valence-electron chi connectivity index (χ2n) is 6.63. The highest BCUT2D eigenvalue weighted by atomic mass is 16.5. The molecule has 0 saturated carbocycles. The lowest BCUT2D eigenvalue weighted by Gasteiger charge is -2.12. The van der Waals surface area contributed by atoms with E-state index in [4.69, 9.17) is 9.47 Å². The molecule has 156 valence electrons. The molecule has 2 aromatic carbocycles. The van der Waals surface area contributed by atoms with Crippen molar-refractivity contribution in [2.24, 2.45) is 0 Å². The van der Waals surface area contributed by atoms with Crippen LogP contribution in [0.3, 0.4) is 0 Å². The number of aromatic nitrogens is 4. The number of ether oxygens (including phenoxy) is 2. The molecule has 0 aliphatic rings. The molecular weight excluding hydrogens is 394 g/mol. The Labute approximate surface area is 179 Å². The van der Waals surface area contributed by atoms with Gasteiger partial charge in [-0.3, -0.25) is 9.78 Å². The predicted molar refractivity (Wildman–Crippen MR) is 115 cm³/mol. The van der Waals surface area contributed by atoms with Crippen LogP contribution in [0.2, 0.25) is 0 Å². The van der Waals surface area contributed by atoms with Crippen LogP contribution in [-0.2, 0) is 6.54 Å². The van der Waals surface area contributed by atoms with E-state index >= 15 is 0 Å². The lowest BCUT2D eigenvalue weighted by Crippen LogP contribution is -2.24. The Kier molecular flexibility index (Phi) is 5.89. The molecule has 0 aliphatic carbocycles. The summed E-state index contributed by atoms with van der Waals surface area (Å²) in [4.78, 5) is 17.1. The molecule has 2 heterocycles. The molecule has 8 nitrogen and oxygen atoms in total. The number of benzene rings is 2. The number of carbonyl (C=O) groups excluding carboxylic acids is 1. The highest BCUT2D eigenvalue weighted by Gasteiger charge is 2.22. The van der Waals surface area contributed by atoms with Crippen LogP contribution >= 0.6 is 0 Å². The molecule has 2 aromatic heterocycles. The molecule has 0 bridgehead atoms. The third-order valence-corrected chi connectivity index (χ3v) is 4.77. The minimum atomic E-state index is -0.341. The summed E-state index contributed by atoms with van der Waals surface area (Å²) in [6, 6.07) is 18.6. The summed E-state index contributed by atoms with van der Waals surface area (Å²) in [6.07, 6.45) is 3.34. The first-order valence-electron chi connectivity index (χ1n) is 9.62. The van der Waals surface area contributed by atoms with Gasteiger partial charge in [0.2, 0.25) is 0 Å². The summed E-state index contributed by atoms with van der Waals surface area (Å²) in [6.45, 7) is 0.264. The first-order valence-corrected chi connectivity index (χ1v) is 9.62. The molecule has 4 rings (SSSR count). The Morgan fingerprint density at radius 2 is 1.77 bits per heavy atom. The fourth-order valence-electron chi connectivity index (χ4n) is 3.21. The van der Waals surface area contributed by atoms with E-state index in [0.29, 0.717) is 17.2 Å². The van der Waals surface area contributed by atoms with E-state index < -0.39 is 0 Å². The number of para-hydroxylation sites is 1. The summed E-state index contributed by atoms with van der Waals surface area (Å²) in [7, 11) is 3.17. The number of nitrogens with one attached hydrogen (secondary N) is 1. The SMILES string of the molecule is COc1ccc(CNC(=O)c2nnn(-c3ccccc3)c2-c2ccncc2)c(OC)c1. The van der Waals surface area contributed by atoms with E-state index in [1.54, 1.807) is 37.4 Å². The molecule has 4 aromatic rings. The zero-order chi connectivity index (χ0) is 21.6. The summed E-state index contributed by atoms with van der Waals surface area (Å²) in [5.74, 6) is 0.964. The number of carbonyl (C=O) groups is 1. The summed E-state index contributed by atoms with van der Waals surface area (Å²) in [5.41, 5.74) is 3.22. The first kappa shape index (κ1) is 20.1. The number of hydrogen-bond donors (Lipinski definition) is 1. The average molecular weight is 415 g/mol. The van der Waals surface area contributed by atoms with Gasteiger partial charge in [-0.25, -0.2) is 4.68 Å². The molecule has 1 N–H and O–H groups in total. The van der Waals surface area contributed by atoms with Crippen LogP contribution < -0.4 is 14.8 Å². The molecule has 0 radical (unpaired) electrons. The monoisotopic (exact) mass is 415 g/mol. The van der Waals surface area contributed by atoms with Crippen molar-refractivity contribution in [3.05, 3.63) is 84.3 Å². The second-order valence-corrected chi connectivity index (χ2v) is 6.63. The van der Waals surface area contributed by atoms with Crippen molar-refractivity contribution in [3.8, 4) is 28.4 Å². The minimum Gasteiger partial charge on any atom is -0.497 e. The van der Waals surface area contributed by atoms with E-state index in [1.165, 1.54) is 0 Å². The lowest BCUT2D eigenvalue weighted by molar-refractivity contribution is 0.0946. The van der Waals surface area contributed by atoms with Crippen molar-refractivity contribution in [3.63, 3.8) is 0 Å². The topological polar surface area (TPSA) is 91.2 Å². The van der Waals surface area contributed by atoms with Gasteiger partial charge in [0.1, 0.15) is 17.2 Å². The Morgan fingerprint density at radius 3 is 2.48 bits per heavy atom. The largest absolute Gasteiger partial charge is 0.497 e. The van der Waals surface area contributed by atoms with Crippen LogP contribution in [0.4, 0.5) is 0 Å². The standard InChI is InChI=1S/C23H21N5O3/c1-30-19-9-8-17(20(14-19)31-2)15-25-23(29)21-22(16-10-12-24-13-11-16)28(27-26-21)18-6-4-3-5-7-18/h3-14H,15H2,1-2H3,(H,25,29). The molecule has 0 saturated heterocycles. The van der Waals surface area contributed by atoms with Gasteiger partial charge < -0.3 is 14.8 Å². The number of amides is 1. The highest BCUT2D eigenvalue weighted by Crippen LogP contribution is 2.26. The maximum Gasteiger partial charge on any atom is 0.274 e. The van der Waals surface area contributed by atoms with E-state index in [2.05, 4.69) is 20.6 Å². The van der Waals surface area contributed by atoms with Gasteiger partial charge in [0.05, 0.1) is 19.9 Å². The van der Waals surface area contributed by atoms with Gasteiger partial charge in [0.15, 0.2) is 5.69 Å². The maximum absolute atomic E-state index is 13.1. The van der Waals surface area contributed by atoms with E-state index in [1.807, 2.05) is 54.6 Å². The molecule has 8 heteroatoms. The molecule has 0 unspecified atom stereocenters. The fourth-order valence-corrected chi connectivity index (χ4v) is 3.21. The van der Waals surface area contributed by atoms with Crippen molar-refractivity contribution in [1.82, 2.24) is 25.3 Å². The molecular formula is C23H21N5O3. The minimum absolute atomic E-state index is 0.225. The number of methoxy groups -OCH3 is 2. The van der Waals surface area contributed by atoms with E-state index in [9.17, 15) is 4.79 Å². The van der Waals surface area contributed by atoms with Crippen LogP contribution in [0.15, 0.2) is 73.1 Å². The van der Waals surface area contributed by atoms with Crippen LogP contribution in [0.5, 0.6) is 11.5 Å². The molecule has 0 spiro atoms. The van der Waals surface area contributed by atoms with Crippen molar-refractivity contribution >= 4 is 5.91 Å². The van der Waals surface area contributed by atoms with E-state index in [-0.39, 0.29) is 18.1 Å². The number of pyridine rings is 1. The number of rotatable bonds is 7. The van der Waals surface area contributed by atoms with Crippen LogP contribution in [0.1, 0.15) is 16.1 Å². The summed E-state index contributed by atoms with van der Waals surface area (Å²) in [5, 5.41) is 11.3. The fraction of sp³-hybridized carbons (Fsp3) is 0.130. The first-order chi connectivity index (χ1) is 15.2. The van der Waals surface area contributed by atoms with E-state index in [0.717, 1.165) is 16.8 Å². The smallest absolute Gasteiger partial charge is 0.274 e. The van der Waals surface area contributed by atoms with Gasteiger partial charge in [-0.15, -0.1) is 5.10 Å². The lowest BCUT2D eigenvalue weighted by atomic mass is 10.1. The Balaban J connectivity index is 1.65. The number of hydrogen-bond acceptors (Lipinski definition) is 6. The normalized spacial score (nSPS) is 10.5. The van der Waals surface area contributed by atoms with Gasteiger partial charge in [0.25, 0.3) is 5.91 Å². The van der Waals surface area contributed by atoms with Crippen LogP contribution in [0.25, 0.3) is 16.9 Å². The third-order valence-electron chi connectivity index (χ3n) is 4.77. The van der Waals surface area contributed by atoms with Gasteiger partial charge in [0, 0.05) is 36.1 Å². The highest BCUT2D eigenvalue weighted by molar-refractivity contribution is 5.98. The zero-order valence-electron chi connectivity index (χ0n) is 17.1. The average Bonchev–Trinajstić information content (AvgIpc) is 3.29. The third kappa shape index (κ3) is 4.23. The zero-order valence-corrected chi connectivity index (χ0v) is 17.1. The predicted octanol–water partition coefficient (Wildman–Crippen LogP) is 3.28.